The normalized spacial score (nSPS) is 16.3. The number of benzene rings is 1. The predicted octanol–water partition coefficient (Wildman–Crippen LogP) is 2.98. The van der Waals surface area contributed by atoms with Gasteiger partial charge in [-0.1, -0.05) is 31.4 Å². The molecule has 0 saturated heterocycles. The maximum atomic E-state index is 5.63. The van der Waals surface area contributed by atoms with E-state index in [1.54, 1.807) is 0 Å². The maximum Gasteiger partial charge on any atom is 0.0716 e. The van der Waals surface area contributed by atoms with Crippen molar-refractivity contribution in [3.63, 3.8) is 0 Å². The quantitative estimate of drug-likeness (QED) is 0.592. The van der Waals surface area contributed by atoms with E-state index in [2.05, 4.69) is 0 Å². The van der Waals surface area contributed by atoms with Crippen molar-refractivity contribution in [1.29, 1.82) is 0 Å². The molecule has 1 aromatic carbocycles. The third kappa shape index (κ3) is 3.24. The van der Waals surface area contributed by atoms with E-state index in [4.69, 9.17) is 10.5 Å². The fraction of sp³-hybridized carbons (Fsp3) is 0.538. The highest BCUT2D eigenvalue weighted by atomic mass is 16.5. The van der Waals surface area contributed by atoms with Crippen molar-refractivity contribution in [2.75, 3.05) is 12.3 Å². The van der Waals surface area contributed by atoms with Gasteiger partial charge in [0.05, 0.1) is 6.61 Å². The Morgan fingerprint density at radius 1 is 1.20 bits per heavy atom. The summed E-state index contributed by atoms with van der Waals surface area (Å²) in [5.74, 6) is 0.941. The third-order valence-electron chi connectivity index (χ3n) is 3.14. The fourth-order valence-corrected chi connectivity index (χ4v) is 1.84. The number of hydrogen-bond donors (Lipinski definition) is 1. The van der Waals surface area contributed by atoms with Crippen LogP contribution in [0.5, 0.6) is 0 Å². The standard InChI is InChI=1S/C13H19NO/c14-13-6-4-12(5-7-13)10-15-9-8-11-2-1-3-11/h4-7,11H,1-3,8-10,14H2. The second kappa shape index (κ2) is 5.17. The topological polar surface area (TPSA) is 35.2 Å². The predicted molar refractivity (Wildman–Crippen MR) is 62.5 cm³/mol. The summed E-state index contributed by atoms with van der Waals surface area (Å²) >= 11 is 0. The van der Waals surface area contributed by atoms with Crippen molar-refractivity contribution in [3.8, 4) is 0 Å². The lowest BCUT2D eigenvalue weighted by Crippen LogP contribution is -2.13. The molecule has 0 amide bonds. The van der Waals surface area contributed by atoms with Gasteiger partial charge in [0.2, 0.25) is 0 Å². The minimum absolute atomic E-state index is 0.715. The zero-order valence-corrected chi connectivity index (χ0v) is 9.11. The molecule has 2 heteroatoms. The minimum atomic E-state index is 0.715. The van der Waals surface area contributed by atoms with Crippen LogP contribution in [-0.2, 0) is 11.3 Å². The summed E-state index contributed by atoms with van der Waals surface area (Å²) in [4.78, 5) is 0. The summed E-state index contributed by atoms with van der Waals surface area (Å²) in [6.45, 7) is 1.61. The first-order valence-corrected chi connectivity index (χ1v) is 5.77. The lowest BCUT2D eigenvalue weighted by molar-refractivity contribution is 0.0950. The van der Waals surface area contributed by atoms with E-state index in [-0.39, 0.29) is 0 Å². The number of hydrogen-bond acceptors (Lipinski definition) is 2. The van der Waals surface area contributed by atoms with Crippen LogP contribution in [0.4, 0.5) is 5.69 Å². The Kier molecular flexibility index (Phi) is 3.62. The van der Waals surface area contributed by atoms with Gasteiger partial charge in [-0.15, -0.1) is 0 Å². The van der Waals surface area contributed by atoms with E-state index >= 15 is 0 Å². The van der Waals surface area contributed by atoms with Crippen LogP contribution < -0.4 is 5.73 Å². The van der Waals surface area contributed by atoms with Crippen LogP contribution in [-0.4, -0.2) is 6.61 Å². The van der Waals surface area contributed by atoms with Crippen LogP contribution in [0.25, 0.3) is 0 Å². The number of rotatable bonds is 5. The molecule has 0 aliphatic heterocycles. The zero-order valence-electron chi connectivity index (χ0n) is 9.11. The van der Waals surface area contributed by atoms with Crippen molar-refractivity contribution < 1.29 is 4.74 Å². The number of anilines is 1. The molecule has 1 saturated carbocycles. The molecule has 15 heavy (non-hydrogen) atoms. The molecule has 2 rings (SSSR count). The Bertz CT molecular complexity index is 290. The number of nitrogen functional groups attached to an aromatic ring is 1. The Labute approximate surface area is 91.4 Å². The molecule has 1 fully saturated rings. The molecule has 0 bridgehead atoms. The lowest BCUT2D eigenvalue weighted by Gasteiger charge is -2.24. The van der Waals surface area contributed by atoms with Crippen LogP contribution in [0.15, 0.2) is 24.3 Å². The number of ether oxygens (including phenoxy) is 1. The van der Waals surface area contributed by atoms with Gasteiger partial charge in [-0.25, -0.2) is 0 Å². The van der Waals surface area contributed by atoms with Gasteiger partial charge in [0.25, 0.3) is 0 Å². The van der Waals surface area contributed by atoms with Crippen LogP contribution >= 0.6 is 0 Å². The van der Waals surface area contributed by atoms with Gasteiger partial charge in [0.15, 0.2) is 0 Å². The average Bonchev–Trinajstić information content (AvgIpc) is 2.18. The molecule has 0 unspecified atom stereocenters. The smallest absolute Gasteiger partial charge is 0.0716 e. The van der Waals surface area contributed by atoms with Gasteiger partial charge >= 0.3 is 0 Å². The van der Waals surface area contributed by atoms with Gasteiger partial charge in [0.1, 0.15) is 0 Å². The summed E-state index contributed by atoms with van der Waals surface area (Å²) in [7, 11) is 0. The molecule has 2 N–H and O–H groups in total. The van der Waals surface area contributed by atoms with E-state index in [0.29, 0.717) is 6.61 Å². The van der Waals surface area contributed by atoms with Crippen molar-refractivity contribution in [1.82, 2.24) is 0 Å². The van der Waals surface area contributed by atoms with E-state index in [0.717, 1.165) is 18.2 Å². The first-order valence-electron chi connectivity index (χ1n) is 5.77. The maximum absolute atomic E-state index is 5.63. The molecule has 1 aromatic rings. The first kappa shape index (κ1) is 10.5. The first-order chi connectivity index (χ1) is 7.34. The van der Waals surface area contributed by atoms with Crippen LogP contribution in [0.3, 0.4) is 0 Å². The summed E-state index contributed by atoms with van der Waals surface area (Å²) in [6.07, 6.45) is 5.47. The van der Waals surface area contributed by atoms with Crippen LogP contribution in [0.2, 0.25) is 0 Å². The average molecular weight is 205 g/mol. The largest absolute Gasteiger partial charge is 0.399 e. The van der Waals surface area contributed by atoms with E-state index in [1.165, 1.54) is 31.2 Å². The monoisotopic (exact) mass is 205 g/mol. The molecular formula is C13H19NO. The van der Waals surface area contributed by atoms with Crippen molar-refractivity contribution in [2.45, 2.75) is 32.3 Å². The molecule has 0 atom stereocenters. The molecule has 0 spiro atoms. The van der Waals surface area contributed by atoms with Crippen molar-refractivity contribution in [2.24, 2.45) is 5.92 Å². The highest BCUT2D eigenvalue weighted by molar-refractivity contribution is 5.39. The Balaban J connectivity index is 1.62. The Morgan fingerprint density at radius 3 is 2.53 bits per heavy atom. The van der Waals surface area contributed by atoms with Crippen molar-refractivity contribution >= 4 is 5.69 Å². The summed E-state index contributed by atoms with van der Waals surface area (Å²) < 4.78 is 5.63. The van der Waals surface area contributed by atoms with Gasteiger partial charge in [-0.3, -0.25) is 0 Å². The van der Waals surface area contributed by atoms with E-state index < -0.39 is 0 Å². The van der Waals surface area contributed by atoms with Gasteiger partial charge in [0, 0.05) is 12.3 Å². The summed E-state index contributed by atoms with van der Waals surface area (Å²) in [5, 5.41) is 0. The molecule has 0 heterocycles. The molecule has 0 radical (unpaired) electrons. The molecule has 1 aliphatic rings. The Morgan fingerprint density at radius 2 is 1.93 bits per heavy atom. The van der Waals surface area contributed by atoms with Gasteiger partial charge < -0.3 is 10.5 Å². The van der Waals surface area contributed by atoms with Gasteiger partial charge in [-0.05, 0) is 30.0 Å². The Hall–Kier alpha value is -1.02. The second-order valence-electron chi connectivity index (χ2n) is 4.38. The highest BCUT2D eigenvalue weighted by Crippen LogP contribution is 2.29. The molecule has 82 valence electrons. The zero-order chi connectivity index (χ0) is 10.5. The fourth-order valence-electron chi connectivity index (χ4n) is 1.84. The van der Waals surface area contributed by atoms with Crippen molar-refractivity contribution in [3.05, 3.63) is 29.8 Å². The van der Waals surface area contributed by atoms with Gasteiger partial charge in [-0.2, -0.15) is 0 Å². The SMILES string of the molecule is Nc1ccc(COCCC2CCC2)cc1. The van der Waals surface area contributed by atoms with Crippen LogP contribution in [0, 0.1) is 5.92 Å². The van der Waals surface area contributed by atoms with E-state index in [9.17, 15) is 0 Å². The molecule has 0 aromatic heterocycles. The molecule has 1 aliphatic carbocycles. The van der Waals surface area contributed by atoms with Crippen LogP contribution in [0.1, 0.15) is 31.2 Å². The molecular weight excluding hydrogens is 186 g/mol. The van der Waals surface area contributed by atoms with E-state index in [1.807, 2.05) is 24.3 Å². The third-order valence-corrected chi connectivity index (χ3v) is 3.14. The molecule has 2 nitrogen and oxygen atoms in total. The summed E-state index contributed by atoms with van der Waals surface area (Å²) in [6, 6.07) is 7.90. The minimum Gasteiger partial charge on any atom is -0.399 e. The summed E-state index contributed by atoms with van der Waals surface area (Å²) in [5.41, 5.74) is 7.63. The number of nitrogens with two attached hydrogens (primary N) is 1. The second-order valence-corrected chi connectivity index (χ2v) is 4.38. The lowest BCUT2D eigenvalue weighted by atomic mass is 9.83. The highest BCUT2D eigenvalue weighted by Gasteiger charge is 2.16.